The summed E-state index contributed by atoms with van der Waals surface area (Å²) < 4.78 is 5.12. The molecule has 1 heterocycles. The lowest BCUT2D eigenvalue weighted by molar-refractivity contribution is -0.133. The number of amides is 2. The largest absolute Gasteiger partial charge is 0.497 e. The van der Waals surface area contributed by atoms with Gasteiger partial charge in [0.1, 0.15) is 5.75 Å². The Morgan fingerprint density at radius 2 is 1.79 bits per heavy atom. The van der Waals surface area contributed by atoms with Gasteiger partial charge in [0.25, 0.3) is 0 Å². The van der Waals surface area contributed by atoms with E-state index in [9.17, 15) is 9.59 Å². The first-order chi connectivity index (χ1) is 13.6. The second-order valence-electron chi connectivity index (χ2n) is 6.91. The molecule has 6 heteroatoms. The summed E-state index contributed by atoms with van der Waals surface area (Å²) >= 11 is 0. The third-order valence-electron chi connectivity index (χ3n) is 5.03. The number of likely N-dealkylation sites (N-methyl/N-ethyl adjacent to an activating group) is 1. The Balaban J connectivity index is 1.52. The zero-order valence-electron chi connectivity index (χ0n) is 16.5. The van der Waals surface area contributed by atoms with Crippen LogP contribution in [-0.4, -0.2) is 54.9 Å². The number of nitrogens with zero attached hydrogens (tertiary/aromatic N) is 2. The van der Waals surface area contributed by atoms with E-state index in [2.05, 4.69) is 17.4 Å². The van der Waals surface area contributed by atoms with Gasteiger partial charge in [0.2, 0.25) is 11.8 Å². The molecule has 0 fully saturated rings. The van der Waals surface area contributed by atoms with Crippen LogP contribution in [0.25, 0.3) is 0 Å². The summed E-state index contributed by atoms with van der Waals surface area (Å²) in [5, 5.41) is 2.86. The minimum atomic E-state index is -0.135. The summed E-state index contributed by atoms with van der Waals surface area (Å²) in [6, 6.07) is 15.4. The van der Waals surface area contributed by atoms with E-state index in [1.54, 1.807) is 31.4 Å². The molecule has 2 aromatic carbocycles. The lowest BCUT2D eigenvalue weighted by Crippen LogP contribution is -2.44. The van der Waals surface area contributed by atoms with Crippen LogP contribution in [0.1, 0.15) is 18.1 Å². The maximum absolute atomic E-state index is 12.7. The number of rotatable bonds is 7. The molecule has 2 aromatic rings. The Morgan fingerprint density at radius 3 is 2.46 bits per heavy atom. The Kier molecular flexibility index (Phi) is 6.66. The van der Waals surface area contributed by atoms with Crippen LogP contribution < -0.4 is 10.1 Å². The number of anilines is 1. The quantitative estimate of drug-likeness (QED) is 0.801. The van der Waals surface area contributed by atoms with Gasteiger partial charge in [0, 0.05) is 18.8 Å². The van der Waals surface area contributed by atoms with Crippen molar-refractivity contribution >= 4 is 17.5 Å². The second-order valence-corrected chi connectivity index (χ2v) is 6.91. The SMILES string of the molecule is CCN(CC(=O)Nc1ccc(OC)cc1)CC(=O)N1CCc2ccccc2C1. The molecule has 0 unspecified atom stereocenters. The third kappa shape index (κ3) is 5.10. The predicted molar refractivity (Wildman–Crippen MR) is 109 cm³/mol. The first-order valence-corrected chi connectivity index (χ1v) is 9.60. The fraction of sp³-hybridized carbons (Fsp3) is 0.364. The standard InChI is InChI=1S/C22H27N3O3/c1-3-24(15-21(26)23-19-8-10-20(28-2)11-9-19)16-22(27)25-13-12-17-6-4-5-7-18(17)14-25/h4-11H,3,12-16H2,1-2H3,(H,23,26). The number of carbonyl (C=O) groups is 2. The van der Waals surface area contributed by atoms with Crippen LogP contribution in [0.2, 0.25) is 0 Å². The van der Waals surface area contributed by atoms with Gasteiger partial charge in [0.05, 0.1) is 20.2 Å². The first kappa shape index (κ1) is 19.9. The molecule has 0 aromatic heterocycles. The fourth-order valence-corrected chi connectivity index (χ4v) is 3.36. The van der Waals surface area contributed by atoms with E-state index in [1.165, 1.54) is 11.1 Å². The average molecular weight is 381 g/mol. The predicted octanol–water partition coefficient (Wildman–Crippen LogP) is 2.54. The molecule has 1 N–H and O–H groups in total. The molecule has 0 radical (unpaired) electrons. The van der Waals surface area contributed by atoms with Crippen molar-refractivity contribution in [3.63, 3.8) is 0 Å². The zero-order valence-corrected chi connectivity index (χ0v) is 16.5. The van der Waals surface area contributed by atoms with Gasteiger partial charge in [-0.2, -0.15) is 0 Å². The fourth-order valence-electron chi connectivity index (χ4n) is 3.36. The number of fused-ring (bicyclic) bond motifs is 1. The van der Waals surface area contributed by atoms with Gasteiger partial charge in [-0.25, -0.2) is 0 Å². The zero-order chi connectivity index (χ0) is 19.9. The van der Waals surface area contributed by atoms with E-state index in [1.807, 2.05) is 28.9 Å². The Hall–Kier alpha value is -2.86. The Labute approximate surface area is 166 Å². The van der Waals surface area contributed by atoms with Gasteiger partial charge in [-0.15, -0.1) is 0 Å². The number of methoxy groups -OCH3 is 1. The molecule has 1 aliphatic heterocycles. The van der Waals surface area contributed by atoms with Crippen LogP contribution in [0.5, 0.6) is 5.75 Å². The Morgan fingerprint density at radius 1 is 1.07 bits per heavy atom. The molecule has 6 nitrogen and oxygen atoms in total. The smallest absolute Gasteiger partial charge is 0.238 e. The van der Waals surface area contributed by atoms with Crippen LogP contribution in [0.15, 0.2) is 48.5 Å². The molecule has 0 spiro atoms. The highest BCUT2D eigenvalue weighted by Crippen LogP contribution is 2.19. The average Bonchev–Trinajstić information content (AvgIpc) is 2.73. The van der Waals surface area contributed by atoms with Gasteiger partial charge in [-0.05, 0) is 48.4 Å². The summed E-state index contributed by atoms with van der Waals surface area (Å²) in [5.41, 5.74) is 3.24. The number of nitrogens with one attached hydrogen (secondary N) is 1. The van der Waals surface area contributed by atoms with E-state index in [0.717, 1.165) is 18.7 Å². The van der Waals surface area contributed by atoms with E-state index in [-0.39, 0.29) is 24.9 Å². The van der Waals surface area contributed by atoms with Gasteiger partial charge < -0.3 is 15.0 Å². The first-order valence-electron chi connectivity index (χ1n) is 9.60. The van der Waals surface area contributed by atoms with Crippen molar-refractivity contribution in [1.29, 1.82) is 0 Å². The highest BCUT2D eigenvalue weighted by molar-refractivity contribution is 5.92. The van der Waals surface area contributed by atoms with Gasteiger partial charge >= 0.3 is 0 Å². The number of carbonyl (C=O) groups excluding carboxylic acids is 2. The van der Waals surface area contributed by atoms with Gasteiger partial charge in [-0.1, -0.05) is 31.2 Å². The molecule has 28 heavy (non-hydrogen) atoms. The van der Waals surface area contributed by atoms with E-state index in [4.69, 9.17) is 4.74 Å². The summed E-state index contributed by atoms with van der Waals surface area (Å²) in [6.07, 6.45) is 0.881. The summed E-state index contributed by atoms with van der Waals surface area (Å²) in [7, 11) is 1.60. The van der Waals surface area contributed by atoms with Gasteiger partial charge in [-0.3, -0.25) is 14.5 Å². The number of hydrogen-bond donors (Lipinski definition) is 1. The van der Waals surface area contributed by atoms with Crippen LogP contribution in [-0.2, 0) is 22.6 Å². The molecule has 0 saturated carbocycles. The molecular weight excluding hydrogens is 354 g/mol. The van der Waals surface area contributed by atoms with E-state index >= 15 is 0 Å². The molecule has 148 valence electrons. The van der Waals surface area contributed by atoms with Crippen molar-refractivity contribution in [1.82, 2.24) is 9.80 Å². The van der Waals surface area contributed by atoms with Crippen molar-refractivity contribution in [3.05, 3.63) is 59.7 Å². The van der Waals surface area contributed by atoms with Crippen LogP contribution in [0.3, 0.4) is 0 Å². The maximum Gasteiger partial charge on any atom is 0.238 e. The van der Waals surface area contributed by atoms with Crippen LogP contribution in [0.4, 0.5) is 5.69 Å². The molecule has 0 saturated heterocycles. The summed E-state index contributed by atoms with van der Waals surface area (Å²) in [6.45, 7) is 4.38. The molecule has 0 atom stereocenters. The van der Waals surface area contributed by atoms with Gasteiger partial charge in [0.15, 0.2) is 0 Å². The lowest BCUT2D eigenvalue weighted by atomic mass is 10.00. The van der Waals surface area contributed by atoms with Crippen molar-refractivity contribution in [2.45, 2.75) is 19.9 Å². The van der Waals surface area contributed by atoms with Crippen molar-refractivity contribution in [2.24, 2.45) is 0 Å². The topological polar surface area (TPSA) is 61.9 Å². The molecule has 0 aliphatic carbocycles. The van der Waals surface area contributed by atoms with E-state index in [0.29, 0.717) is 18.8 Å². The number of hydrogen-bond acceptors (Lipinski definition) is 4. The van der Waals surface area contributed by atoms with Crippen molar-refractivity contribution in [2.75, 3.05) is 38.6 Å². The highest BCUT2D eigenvalue weighted by Gasteiger charge is 2.22. The number of benzene rings is 2. The second kappa shape index (κ2) is 9.37. The molecule has 0 bridgehead atoms. The third-order valence-corrected chi connectivity index (χ3v) is 5.03. The molecular formula is C22H27N3O3. The minimum absolute atomic E-state index is 0.0635. The maximum atomic E-state index is 12.7. The summed E-state index contributed by atoms with van der Waals surface area (Å²) in [5.74, 6) is 0.666. The Bertz CT molecular complexity index is 820. The minimum Gasteiger partial charge on any atom is -0.497 e. The molecule has 2 amide bonds. The highest BCUT2D eigenvalue weighted by atomic mass is 16.5. The van der Waals surface area contributed by atoms with Crippen molar-refractivity contribution in [3.8, 4) is 5.75 Å². The molecule has 1 aliphatic rings. The summed E-state index contributed by atoms with van der Waals surface area (Å²) in [4.78, 5) is 28.8. The number of ether oxygens (including phenoxy) is 1. The van der Waals surface area contributed by atoms with E-state index < -0.39 is 0 Å². The molecule has 3 rings (SSSR count). The van der Waals surface area contributed by atoms with Crippen molar-refractivity contribution < 1.29 is 14.3 Å². The lowest BCUT2D eigenvalue weighted by Gasteiger charge is -2.31. The van der Waals surface area contributed by atoms with Crippen LogP contribution in [0, 0.1) is 0 Å². The monoisotopic (exact) mass is 381 g/mol. The normalized spacial score (nSPS) is 13.2. The van der Waals surface area contributed by atoms with Crippen LogP contribution >= 0.6 is 0 Å².